The molecule has 0 fully saturated rings. The van der Waals surface area contributed by atoms with Crippen LogP contribution < -0.4 is 5.73 Å². The van der Waals surface area contributed by atoms with E-state index in [2.05, 4.69) is 10.2 Å². The quantitative estimate of drug-likeness (QED) is 0.794. The number of H-pyrrole nitrogens is 1. The zero-order chi connectivity index (χ0) is 10.8. The second-order valence-electron chi connectivity index (χ2n) is 3.52. The van der Waals surface area contributed by atoms with Gasteiger partial charge in [0.15, 0.2) is 0 Å². The van der Waals surface area contributed by atoms with Gasteiger partial charge in [0, 0.05) is 5.39 Å². The van der Waals surface area contributed by atoms with E-state index >= 15 is 0 Å². The van der Waals surface area contributed by atoms with Crippen molar-refractivity contribution in [2.24, 2.45) is 5.73 Å². The topological polar surface area (TPSA) is 71.8 Å². The third-order valence-corrected chi connectivity index (χ3v) is 2.59. The molecule has 0 radical (unpaired) electrons. The first kappa shape index (κ1) is 9.71. The molecule has 2 rings (SSSR count). The maximum Gasteiger partial charge on any atom is 0.226 e. The highest BCUT2D eigenvalue weighted by atomic mass is 16.1. The summed E-state index contributed by atoms with van der Waals surface area (Å²) in [7, 11) is 0. The fraction of sp³-hybridized carbons (Fsp3) is 0.273. The standard InChI is InChI=1S/C11H13N3O/c1-2-7(11(12)15)10-8-5-3-4-6-9(8)13-14-10/h3-7H,2H2,1H3,(H2,12,15)(H,13,14). The molecule has 1 amide bonds. The molecular weight excluding hydrogens is 190 g/mol. The molecule has 2 aromatic rings. The maximum atomic E-state index is 11.2. The molecule has 3 N–H and O–H groups in total. The number of hydrogen-bond acceptors (Lipinski definition) is 2. The van der Waals surface area contributed by atoms with Crippen molar-refractivity contribution in [2.75, 3.05) is 0 Å². The lowest BCUT2D eigenvalue weighted by atomic mass is 9.99. The van der Waals surface area contributed by atoms with Crippen LogP contribution >= 0.6 is 0 Å². The van der Waals surface area contributed by atoms with E-state index < -0.39 is 0 Å². The number of rotatable bonds is 3. The molecule has 0 saturated carbocycles. The SMILES string of the molecule is CCC(C(N)=O)c1[nH]nc2ccccc12. The number of aromatic nitrogens is 2. The lowest BCUT2D eigenvalue weighted by Crippen LogP contribution is -2.21. The van der Waals surface area contributed by atoms with Crippen LogP contribution in [-0.4, -0.2) is 16.1 Å². The molecular formula is C11H13N3O. The molecule has 15 heavy (non-hydrogen) atoms. The summed E-state index contributed by atoms with van der Waals surface area (Å²) in [4.78, 5) is 11.2. The molecule has 1 unspecified atom stereocenters. The molecule has 0 saturated heterocycles. The Balaban J connectivity index is 2.55. The van der Waals surface area contributed by atoms with E-state index in [1.165, 1.54) is 0 Å². The number of para-hydroxylation sites is 1. The lowest BCUT2D eigenvalue weighted by molar-refractivity contribution is -0.119. The molecule has 1 aromatic heterocycles. The first-order valence-electron chi connectivity index (χ1n) is 4.96. The zero-order valence-electron chi connectivity index (χ0n) is 8.53. The van der Waals surface area contributed by atoms with Crippen LogP contribution in [0, 0.1) is 0 Å². The van der Waals surface area contributed by atoms with Crippen molar-refractivity contribution in [1.29, 1.82) is 0 Å². The molecule has 1 heterocycles. The molecule has 0 aliphatic heterocycles. The van der Waals surface area contributed by atoms with Gasteiger partial charge in [-0.1, -0.05) is 25.1 Å². The Hall–Kier alpha value is -1.84. The van der Waals surface area contributed by atoms with Crippen LogP contribution in [-0.2, 0) is 4.79 Å². The van der Waals surface area contributed by atoms with Gasteiger partial charge >= 0.3 is 0 Å². The molecule has 1 aromatic carbocycles. The van der Waals surface area contributed by atoms with Crippen molar-refractivity contribution in [1.82, 2.24) is 10.2 Å². The molecule has 0 aliphatic rings. The summed E-state index contributed by atoms with van der Waals surface area (Å²) in [5.74, 6) is -0.593. The van der Waals surface area contributed by atoms with Gasteiger partial charge in [0.25, 0.3) is 0 Å². The van der Waals surface area contributed by atoms with Crippen LogP contribution in [0.15, 0.2) is 24.3 Å². The van der Waals surface area contributed by atoms with Crippen LogP contribution in [0.4, 0.5) is 0 Å². The first-order valence-corrected chi connectivity index (χ1v) is 4.96. The summed E-state index contributed by atoms with van der Waals surface area (Å²) in [5, 5.41) is 8.01. The van der Waals surface area contributed by atoms with Gasteiger partial charge in [0.1, 0.15) is 0 Å². The monoisotopic (exact) mass is 203 g/mol. The summed E-state index contributed by atoms with van der Waals surface area (Å²) >= 11 is 0. The summed E-state index contributed by atoms with van der Waals surface area (Å²) < 4.78 is 0. The number of nitrogens with two attached hydrogens (primary N) is 1. The van der Waals surface area contributed by atoms with Gasteiger partial charge in [-0.25, -0.2) is 0 Å². The minimum atomic E-state index is -0.313. The van der Waals surface area contributed by atoms with Crippen molar-refractivity contribution in [2.45, 2.75) is 19.3 Å². The number of fused-ring (bicyclic) bond motifs is 1. The Morgan fingerprint density at radius 1 is 1.53 bits per heavy atom. The molecule has 4 nitrogen and oxygen atoms in total. The van der Waals surface area contributed by atoms with Gasteiger partial charge in [0.05, 0.1) is 17.1 Å². The number of carbonyl (C=O) groups excluding carboxylic acids is 1. The van der Waals surface area contributed by atoms with Gasteiger partial charge < -0.3 is 5.73 Å². The normalized spacial score (nSPS) is 12.9. The van der Waals surface area contributed by atoms with E-state index in [1.54, 1.807) is 0 Å². The predicted molar refractivity (Wildman–Crippen MR) is 58.3 cm³/mol. The number of primary amides is 1. The Kier molecular flexibility index (Phi) is 2.41. The Bertz CT molecular complexity index is 489. The number of nitrogens with zero attached hydrogens (tertiary/aromatic N) is 1. The highest BCUT2D eigenvalue weighted by Gasteiger charge is 2.19. The van der Waals surface area contributed by atoms with Crippen molar-refractivity contribution < 1.29 is 4.79 Å². The van der Waals surface area contributed by atoms with E-state index in [1.807, 2.05) is 31.2 Å². The third kappa shape index (κ3) is 1.58. The van der Waals surface area contributed by atoms with Crippen molar-refractivity contribution >= 4 is 16.8 Å². The zero-order valence-corrected chi connectivity index (χ0v) is 8.53. The smallest absolute Gasteiger partial charge is 0.226 e. The van der Waals surface area contributed by atoms with Crippen LogP contribution in [0.1, 0.15) is 25.0 Å². The van der Waals surface area contributed by atoms with E-state index in [-0.39, 0.29) is 11.8 Å². The summed E-state index contributed by atoms with van der Waals surface area (Å²) in [6.07, 6.45) is 0.682. The molecule has 0 spiro atoms. The van der Waals surface area contributed by atoms with Gasteiger partial charge in [-0.2, -0.15) is 5.10 Å². The number of amides is 1. The van der Waals surface area contributed by atoms with Crippen LogP contribution in [0.2, 0.25) is 0 Å². The fourth-order valence-electron chi connectivity index (χ4n) is 1.79. The fourth-order valence-corrected chi connectivity index (χ4v) is 1.79. The number of hydrogen-bond donors (Lipinski definition) is 2. The average molecular weight is 203 g/mol. The number of carbonyl (C=O) groups is 1. The number of benzene rings is 1. The lowest BCUT2D eigenvalue weighted by Gasteiger charge is -2.08. The largest absolute Gasteiger partial charge is 0.369 e. The minimum absolute atomic E-state index is 0.280. The Morgan fingerprint density at radius 2 is 2.27 bits per heavy atom. The Morgan fingerprint density at radius 3 is 2.93 bits per heavy atom. The summed E-state index contributed by atoms with van der Waals surface area (Å²) in [6.45, 7) is 1.94. The molecule has 78 valence electrons. The van der Waals surface area contributed by atoms with E-state index in [0.717, 1.165) is 16.6 Å². The van der Waals surface area contributed by atoms with Crippen molar-refractivity contribution in [3.63, 3.8) is 0 Å². The van der Waals surface area contributed by atoms with Gasteiger partial charge in [-0.05, 0) is 12.5 Å². The highest BCUT2D eigenvalue weighted by Crippen LogP contribution is 2.24. The molecule has 0 bridgehead atoms. The Labute approximate surface area is 87.5 Å². The van der Waals surface area contributed by atoms with Gasteiger partial charge in [-0.3, -0.25) is 9.89 Å². The highest BCUT2D eigenvalue weighted by molar-refractivity contribution is 5.89. The van der Waals surface area contributed by atoms with Gasteiger partial charge in [0.2, 0.25) is 5.91 Å². The van der Waals surface area contributed by atoms with E-state index in [9.17, 15) is 4.79 Å². The maximum absolute atomic E-state index is 11.2. The van der Waals surface area contributed by atoms with Crippen LogP contribution in [0.25, 0.3) is 10.9 Å². The number of aromatic amines is 1. The summed E-state index contributed by atoms with van der Waals surface area (Å²) in [6, 6.07) is 7.69. The first-order chi connectivity index (χ1) is 7.24. The third-order valence-electron chi connectivity index (χ3n) is 2.59. The van der Waals surface area contributed by atoms with Crippen LogP contribution in [0.5, 0.6) is 0 Å². The summed E-state index contributed by atoms with van der Waals surface area (Å²) in [5.41, 5.74) is 7.03. The van der Waals surface area contributed by atoms with Gasteiger partial charge in [-0.15, -0.1) is 0 Å². The predicted octanol–water partition coefficient (Wildman–Crippen LogP) is 1.54. The van der Waals surface area contributed by atoms with Crippen molar-refractivity contribution in [3.8, 4) is 0 Å². The number of nitrogens with one attached hydrogen (secondary N) is 1. The van der Waals surface area contributed by atoms with E-state index in [0.29, 0.717) is 6.42 Å². The van der Waals surface area contributed by atoms with E-state index in [4.69, 9.17) is 5.73 Å². The van der Waals surface area contributed by atoms with Crippen LogP contribution in [0.3, 0.4) is 0 Å². The molecule has 1 atom stereocenters. The van der Waals surface area contributed by atoms with Crippen molar-refractivity contribution in [3.05, 3.63) is 30.0 Å². The second-order valence-corrected chi connectivity index (χ2v) is 3.52. The molecule has 0 aliphatic carbocycles. The average Bonchev–Trinajstić information content (AvgIpc) is 2.63. The second kappa shape index (κ2) is 3.73. The molecule has 4 heteroatoms. The minimum Gasteiger partial charge on any atom is -0.369 e.